The minimum atomic E-state index is 0.0623. The van der Waals surface area contributed by atoms with Crippen LogP contribution >= 0.6 is 0 Å². The van der Waals surface area contributed by atoms with Gasteiger partial charge in [0.2, 0.25) is 5.91 Å². The minimum Gasteiger partial charge on any atom is -0.396 e. The number of aliphatic hydroxyl groups is 1. The van der Waals surface area contributed by atoms with Crippen LogP contribution in [0.4, 0.5) is 0 Å². The van der Waals surface area contributed by atoms with Crippen LogP contribution < -0.4 is 10.6 Å². The number of nitrogens with one attached hydrogen (secondary N) is 2. The van der Waals surface area contributed by atoms with Gasteiger partial charge < -0.3 is 15.7 Å². The second-order valence-corrected chi connectivity index (χ2v) is 4.12. The molecule has 0 radical (unpaired) electrons. The van der Waals surface area contributed by atoms with Crippen LogP contribution in [0.3, 0.4) is 0 Å². The molecular weight excluding hydrogens is 204 g/mol. The van der Waals surface area contributed by atoms with Crippen molar-refractivity contribution in [1.82, 2.24) is 10.6 Å². The summed E-state index contributed by atoms with van der Waals surface area (Å²) in [6, 6.07) is 0. The fraction of sp³-hybridized carbons (Fsp3) is 0.917. The number of hydrogen-bond donors (Lipinski definition) is 3. The Morgan fingerprint density at radius 1 is 1.38 bits per heavy atom. The van der Waals surface area contributed by atoms with Gasteiger partial charge in [0.25, 0.3) is 0 Å². The summed E-state index contributed by atoms with van der Waals surface area (Å²) in [4.78, 5) is 11.3. The van der Waals surface area contributed by atoms with Crippen LogP contribution in [0.5, 0.6) is 0 Å². The fourth-order valence-corrected chi connectivity index (χ4v) is 1.49. The van der Waals surface area contributed by atoms with Crippen molar-refractivity contribution in [3.8, 4) is 0 Å². The molecule has 0 saturated carbocycles. The van der Waals surface area contributed by atoms with Crippen LogP contribution in [-0.4, -0.2) is 37.3 Å². The van der Waals surface area contributed by atoms with E-state index in [1.54, 1.807) is 0 Å². The Bertz CT molecular complexity index is 174. The van der Waals surface area contributed by atoms with Gasteiger partial charge in [-0.2, -0.15) is 0 Å². The summed E-state index contributed by atoms with van der Waals surface area (Å²) in [5, 5.41) is 14.8. The SMILES string of the molecule is CCCCNC(=O)CNCC(CC)CCO. The fourth-order valence-electron chi connectivity index (χ4n) is 1.49. The van der Waals surface area contributed by atoms with Crippen LogP contribution in [0.2, 0.25) is 0 Å². The van der Waals surface area contributed by atoms with Crippen molar-refractivity contribution in [2.45, 2.75) is 39.5 Å². The molecule has 4 nitrogen and oxygen atoms in total. The number of carbonyl (C=O) groups excluding carboxylic acids is 1. The summed E-state index contributed by atoms with van der Waals surface area (Å²) in [6.45, 7) is 6.38. The zero-order chi connectivity index (χ0) is 12.2. The molecule has 3 N–H and O–H groups in total. The number of unbranched alkanes of at least 4 members (excludes halogenated alkanes) is 1. The summed E-state index contributed by atoms with van der Waals surface area (Å²) in [7, 11) is 0. The number of carbonyl (C=O) groups is 1. The van der Waals surface area contributed by atoms with E-state index in [1.165, 1.54) is 0 Å². The third kappa shape index (κ3) is 8.68. The first-order valence-electron chi connectivity index (χ1n) is 6.32. The molecule has 1 unspecified atom stereocenters. The maximum absolute atomic E-state index is 11.3. The summed E-state index contributed by atoms with van der Waals surface area (Å²) in [5.41, 5.74) is 0. The number of aliphatic hydroxyl groups excluding tert-OH is 1. The maximum Gasteiger partial charge on any atom is 0.233 e. The minimum absolute atomic E-state index is 0.0623. The molecule has 0 fully saturated rings. The molecule has 4 heteroatoms. The average Bonchev–Trinajstić information content (AvgIpc) is 2.28. The van der Waals surface area contributed by atoms with Crippen molar-refractivity contribution in [3.63, 3.8) is 0 Å². The molecule has 0 aromatic carbocycles. The first kappa shape index (κ1) is 15.4. The molecule has 0 aliphatic rings. The van der Waals surface area contributed by atoms with Crippen molar-refractivity contribution in [3.05, 3.63) is 0 Å². The van der Waals surface area contributed by atoms with E-state index in [0.29, 0.717) is 12.5 Å². The topological polar surface area (TPSA) is 61.4 Å². The lowest BCUT2D eigenvalue weighted by Crippen LogP contribution is -2.36. The molecular formula is C12H26N2O2. The van der Waals surface area contributed by atoms with Gasteiger partial charge in [-0.15, -0.1) is 0 Å². The molecule has 0 bridgehead atoms. The van der Waals surface area contributed by atoms with Gasteiger partial charge in [-0.25, -0.2) is 0 Å². The first-order chi connectivity index (χ1) is 7.74. The number of amides is 1. The lowest BCUT2D eigenvalue weighted by molar-refractivity contribution is -0.120. The van der Waals surface area contributed by atoms with Crippen molar-refractivity contribution < 1.29 is 9.90 Å². The quantitative estimate of drug-likeness (QED) is 0.489. The Kier molecular flexibility index (Phi) is 10.5. The highest BCUT2D eigenvalue weighted by Crippen LogP contribution is 2.04. The normalized spacial score (nSPS) is 12.4. The second-order valence-electron chi connectivity index (χ2n) is 4.12. The van der Waals surface area contributed by atoms with Gasteiger partial charge in [0, 0.05) is 13.2 Å². The molecule has 0 rings (SSSR count). The molecule has 0 aromatic heterocycles. The number of hydrogen-bond acceptors (Lipinski definition) is 3. The van der Waals surface area contributed by atoms with Crippen LogP contribution in [0, 0.1) is 5.92 Å². The van der Waals surface area contributed by atoms with E-state index in [-0.39, 0.29) is 12.5 Å². The lowest BCUT2D eigenvalue weighted by atomic mass is 10.0. The highest BCUT2D eigenvalue weighted by Gasteiger charge is 2.06. The Labute approximate surface area is 98.8 Å². The lowest BCUT2D eigenvalue weighted by Gasteiger charge is -2.14. The summed E-state index contributed by atoms with van der Waals surface area (Å²) < 4.78 is 0. The molecule has 1 atom stereocenters. The van der Waals surface area contributed by atoms with Gasteiger partial charge in [0.05, 0.1) is 6.54 Å². The van der Waals surface area contributed by atoms with Crippen molar-refractivity contribution >= 4 is 5.91 Å². The Hall–Kier alpha value is -0.610. The standard InChI is InChI=1S/C12H26N2O2/c1-3-5-7-14-12(16)10-13-9-11(4-2)6-8-15/h11,13,15H,3-10H2,1-2H3,(H,14,16). The number of rotatable bonds is 10. The molecule has 16 heavy (non-hydrogen) atoms. The Morgan fingerprint density at radius 3 is 2.69 bits per heavy atom. The second kappa shape index (κ2) is 10.9. The molecule has 96 valence electrons. The van der Waals surface area contributed by atoms with Gasteiger partial charge in [0.15, 0.2) is 0 Å². The molecule has 0 aromatic rings. The van der Waals surface area contributed by atoms with E-state index in [0.717, 1.165) is 38.8 Å². The summed E-state index contributed by atoms with van der Waals surface area (Å²) >= 11 is 0. The van der Waals surface area contributed by atoms with Crippen molar-refractivity contribution in [1.29, 1.82) is 0 Å². The van der Waals surface area contributed by atoms with E-state index < -0.39 is 0 Å². The van der Waals surface area contributed by atoms with Crippen molar-refractivity contribution in [2.75, 3.05) is 26.2 Å². The van der Waals surface area contributed by atoms with Gasteiger partial charge in [-0.3, -0.25) is 4.79 Å². The third-order valence-electron chi connectivity index (χ3n) is 2.69. The average molecular weight is 230 g/mol. The highest BCUT2D eigenvalue weighted by molar-refractivity contribution is 5.77. The predicted molar refractivity (Wildman–Crippen MR) is 66.3 cm³/mol. The van der Waals surface area contributed by atoms with E-state index >= 15 is 0 Å². The molecule has 0 aliphatic carbocycles. The van der Waals surface area contributed by atoms with Gasteiger partial charge in [-0.1, -0.05) is 26.7 Å². The van der Waals surface area contributed by atoms with Crippen LogP contribution in [0.15, 0.2) is 0 Å². The largest absolute Gasteiger partial charge is 0.396 e. The van der Waals surface area contributed by atoms with Gasteiger partial charge in [-0.05, 0) is 25.3 Å². The molecule has 0 spiro atoms. The molecule has 0 heterocycles. The van der Waals surface area contributed by atoms with Crippen LogP contribution in [0.1, 0.15) is 39.5 Å². The van der Waals surface area contributed by atoms with E-state index in [1.807, 2.05) is 0 Å². The summed E-state index contributed by atoms with van der Waals surface area (Å²) in [5.74, 6) is 0.528. The Morgan fingerprint density at radius 2 is 2.12 bits per heavy atom. The zero-order valence-electron chi connectivity index (χ0n) is 10.6. The van der Waals surface area contributed by atoms with Gasteiger partial charge in [0.1, 0.15) is 0 Å². The van der Waals surface area contributed by atoms with Crippen molar-refractivity contribution in [2.24, 2.45) is 5.92 Å². The third-order valence-corrected chi connectivity index (χ3v) is 2.69. The molecule has 1 amide bonds. The zero-order valence-corrected chi connectivity index (χ0v) is 10.6. The van der Waals surface area contributed by atoms with Crippen LogP contribution in [-0.2, 0) is 4.79 Å². The van der Waals surface area contributed by atoms with E-state index in [4.69, 9.17) is 5.11 Å². The summed E-state index contributed by atoms with van der Waals surface area (Å²) in [6.07, 6.45) is 3.97. The highest BCUT2D eigenvalue weighted by atomic mass is 16.3. The smallest absolute Gasteiger partial charge is 0.233 e. The first-order valence-corrected chi connectivity index (χ1v) is 6.32. The molecule has 0 aliphatic heterocycles. The monoisotopic (exact) mass is 230 g/mol. The van der Waals surface area contributed by atoms with Crippen LogP contribution in [0.25, 0.3) is 0 Å². The predicted octanol–water partition coefficient (Wildman–Crippen LogP) is 0.901. The van der Waals surface area contributed by atoms with Gasteiger partial charge >= 0.3 is 0 Å². The van der Waals surface area contributed by atoms with E-state index in [9.17, 15) is 4.79 Å². The Balaban J connectivity index is 3.44. The molecule has 0 saturated heterocycles. The van der Waals surface area contributed by atoms with E-state index in [2.05, 4.69) is 24.5 Å². The maximum atomic E-state index is 11.3.